The van der Waals surface area contributed by atoms with Crippen molar-refractivity contribution in [2.24, 2.45) is 0 Å². The van der Waals surface area contributed by atoms with E-state index in [0.29, 0.717) is 27.5 Å². The number of halogens is 1. The average molecular weight is 292 g/mol. The Hall–Kier alpha value is -1.95. The molecule has 0 radical (unpaired) electrons. The molecule has 3 aromatic heterocycles. The van der Waals surface area contributed by atoms with E-state index in [4.69, 9.17) is 4.42 Å². The Kier molecular flexibility index (Phi) is 2.29. The first-order chi connectivity index (χ1) is 8.26. The predicted octanol–water partition coefficient (Wildman–Crippen LogP) is 2.56. The Labute approximate surface area is 104 Å². The molecule has 17 heavy (non-hydrogen) atoms. The summed E-state index contributed by atoms with van der Waals surface area (Å²) in [5.41, 5.74) is 1.22. The maximum atomic E-state index is 10.6. The maximum Gasteiger partial charge on any atom is 0.217 e. The molecule has 0 aliphatic heterocycles. The Balaban J connectivity index is 2.16. The number of nitrogens with zero attached hydrogens (tertiary/aromatic N) is 3. The SMILES string of the molecule is O=Cc1ccc2nc(-c3ccc(Br)o3)nn2c1. The van der Waals surface area contributed by atoms with Crippen molar-refractivity contribution >= 4 is 27.9 Å². The van der Waals surface area contributed by atoms with E-state index in [9.17, 15) is 4.79 Å². The van der Waals surface area contributed by atoms with Crippen LogP contribution >= 0.6 is 15.9 Å². The maximum absolute atomic E-state index is 10.6. The Bertz CT molecular complexity index is 702. The van der Waals surface area contributed by atoms with E-state index < -0.39 is 0 Å². The van der Waals surface area contributed by atoms with E-state index in [1.165, 1.54) is 0 Å². The van der Waals surface area contributed by atoms with Crippen LogP contribution in [0.15, 0.2) is 39.5 Å². The summed E-state index contributed by atoms with van der Waals surface area (Å²) in [6.07, 6.45) is 2.39. The summed E-state index contributed by atoms with van der Waals surface area (Å²) in [6, 6.07) is 6.98. The second kappa shape index (κ2) is 3.81. The molecule has 5 nitrogen and oxygen atoms in total. The minimum atomic E-state index is 0.485. The molecule has 0 unspecified atom stereocenters. The first-order valence-electron chi connectivity index (χ1n) is 4.83. The molecule has 3 heterocycles. The number of hydrogen-bond donors (Lipinski definition) is 0. The van der Waals surface area contributed by atoms with Gasteiger partial charge >= 0.3 is 0 Å². The van der Waals surface area contributed by atoms with Gasteiger partial charge in [0.2, 0.25) is 5.82 Å². The molecule has 0 aliphatic carbocycles. The number of hydrogen-bond acceptors (Lipinski definition) is 4. The van der Waals surface area contributed by atoms with Crippen LogP contribution in [0.3, 0.4) is 0 Å². The highest BCUT2D eigenvalue weighted by Gasteiger charge is 2.10. The van der Waals surface area contributed by atoms with E-state index in [1.54, 1.807) is 35.0 Å². The van der Waals surface area contributed by atoms with Gasteiger partial charge in [0.05, 0.1) is 0 Å². The molecule has 0 amide bonds. The molecule has 0 N–H and O–H groups in total. The number of carbonyl (C=O) groups is 1. The molecule has 0 saturated heterocycles. The summed E-state index contributed by atoms with van der Waals surface area (Å²) in [5.74, 6) is 1.06. The van der Waals surface area contributed by atoms with Crippen LogP contribution in [0.4, 0.5) is 0 Å². The van der Waals surface area contributed by atoms with Crippen molar-refractivity contribution in [3.63, 3.8) is 0 Å². The number of aldehydes is 1. The van der Waals surface area contributed by atoms with Gasteiger partial charge in [0, 0.05) is 11.8 Å². The van der Waals surface area contributed by atoms with Gasteiger partial charge in [0.25, 0.3) is 0 Å². The lowest BCUT2D eigenvalue weighted by Gasteiger charge is -1.90. The number of carbonyl (C=O) groups excluding carboxylic acids is 1. The fourth-order valence-corrected chi connectivity index (χ4v) is 1.81. The molecule has 6 heteroatoms. The van der Waals surface area contributed by atoms with Gasteiger partial charge in [-0.3, -0.25) is 4.79 Å². The molecular formula is C11H6BrN3O2. The molecule has 0 aliphatic rings. The van der Waals surface area contributed by atoms with Crippen LogP contribution in [-0.4, -0.2) is 20.9 Å². The minimum absolute atomic E-state index is 0.485. The van der Waals surface area contributed by atoms with Crippen molar-refractivity contribution in [3.8, 4) is 11.6 Å². The van der Waals surface area contributed by atoms with Crippen LogP contribution in [0.25, 0.3) is 17.2 Å². The first kappa shape index (κ1) is 10.2. The lowest BCUT2D eigenvalue weighted by molar-refractivity contribution is 0.112. The van der Waals surface area contributed by atoms with Gasteiger partial charge in [-0.2, -0.15) is 0 Å². The highest BCUT2D eigenvalue weighted by atomic mass is 79.9. The van der Waals surface area contributed by atoms with Gasteiger partial charge in [-0.15, -0.1) is 5.10 Å². The molecule has 0 atom stereocenters. The van der Waals surface area contributed by atoms with E-state index >= 15 is 0 Å². The fourth-order valence-electron chi connectivity index (χ4n) is 1.51. The Morgan fingerprint density at radius 3 is 2.88 bits per heavy atom. The summed E-state index contributed by atoms with van der Waals surface area (Å²) in [7, 11) is 0. The van der Waals surface area contributed by atoms with Gasteiger partial charge in [0.1, 0.15) is 0 Å². The van der Waals surface area contributed by atoms with Crippen molar-refractivity contribution in [3.05, 3.63) is 40.7 Å². The highest BCUT2D eigenvalue weighted by molar-refractivity contribution is 9.10. The zero-order valence-corrected chi connectivity index (χ0v) is 10.1. The smallest absolute Gasteiger partial charge is 0.217 e. The highest BCUT2D eigenvalue weighted by Crippen LogP contribution is 2.22. The van der Waals surface area contributed by atoms with Crippen LogP contribution in [0.2, 0.25) is 0 Å². The van der Waals surface area contributed by atoms with Crippen LogP contribution in [0.5, 0.6) is 0 Å². The van der Waals surface area contributed by atoms with Gasteiger partial charge in [0.15, 0.2) is 22.4 Å². The standard InChI is InChI=1S/C11H6BrN3O2/c12-9-3-2-8(17-9)11-13-10-4-1-7(6-16)5-15(10)14-11/h1-6H. The van der Waals surface area contributed by atoms with Crippen molar-refractivity contribution < 1.29 is 9.21 Å². The normalized spacial score (nSPS) is 10.9. The monoisotopic (exact) mass is 291 g/mol. The fraction of sp³-hybridized carbons (Fsp3) is 0. The molecule has 0 bridgehead atoms. The van der Waals surface area contributed by atoms with Crippen molar-refractivity contribution in [2.75, 3.05) is 0 Å². The summed E-state index contributed by atoms with van der Waals surface area (Å²) in [4.78, 5) is 14.9. The van der Waals surface area contributed by atoms with E-state index in [2.05, 4.69) is 26.0 Å². The van der Waals surface area contributed by atoms with Crippen molar-refractivity contribution in [2.45, 2.75) is 0 Å². The molecule has 3 rings (SSSR count). The topological polar surface area (TPSA) is 60.4 Å². The van der Waals surface area contributed by atoms with E-state index in [1.807, 2.05) is 0 Å². The third kappa shape index (κ3) is 1.76. The zero-order chi connectivity index (χ0) is 11.8. The van der Waals surface area contributed by atoms with Crippen molar-refractivity contribution in [1.82, 2.24) is 14.6 Å². The first-order valence-corrected chi connectivity index (χ1v) is 5.63. The second-order valence-electron chi connectivity index (χ2n) is 3.42. The lowest BCUT2D eigenvalue weighted by atomic mass is 10.3. The van der Waals surface area contributed by atoms with Gasteiger partial charge < -0.3 is 4.42 Å². The van der Waals surface area contributed by atoms with Gasteiger partial charge in [-0.05, 0) is 40.2 Å². The molecule has 0 fully saturated rings. The molecule has 0 saturated carbocycles. The number of aromatic nitrogens is 3. The molecule has 84 valence electrons. The van der Waals surface area contributed by atoms with E-state index in [0.717, 1.165) is 6.29 Å². The largest absolute Gasteiger partial charge is 0.446 e. The van der Waals surface area contributed by atoms with Crippen LogP contribution in [-0.2, 0) is 0 Å². The molecule has 0 aromatic carbocycles. The van der Waals surface area contributed by atoms with Crippen LogP contribution in [0.1, 0.15) is 10.4 Å². The third-order valence-electron chi connectivity index (χ3n) is 2.28. The number of furan rings is 1. The summed E-state index contributed by atoms with van der Waals surface area (Å²) >= 11 is 3.22. The second-order valence-corrected chi connectivity index (χ2v) is 4.20. The van der Waals surface area contributed by atoms with Gasteiger partial charge in [-0.1, -0.05) is 0 Å². The predicted molar refractivity (Wildman–Crippen MR) is 63.8 cm³/mol. The summed E-state index contributed by atoms with van der Waals surface area (Å²) < 4.78 is 7.54. The third-order valence-corrected chi connectivity index (χ3v) is 2.71. The molecule has 0 spiro atoms. The average Bonchev–Trinajstić information content (AvgIpc) is 2.93. The number of fused-ring (bicyclic) bond motifs is 1. The lowest BCUT2D eigenvalue weighted by Crippen LogP contribution is -1.89. The minimum Gasteiger partial charge on any atom is -0.446 e. The summed E-state index contributed by atoms with van der Waals surface area (Å²) in [6.45, 7) is 0. The van der Waals surface area contributed by atoms with Crippen LogP contribution < -0.4 is 0 Å². The zero-order valence-electron chi connectivity index (χ0n) is 8.50. The Morgan fingerprint density at radius 2 is 2.18 bits per heavy atom. The van der Waals surface area contributed by atoms with E-state index in [-0.39, 0.29) is 0 Å². The van der Waals surface area contributed by atoms with Crippen LogP contribution in [0, 0.1) is 0 Å². The Morgan fingerprint density at radius 1 is 1.29 bits per heavy atom. The molecule has 3 aromatic rings. The molecular weight excluding hydrogens is 286 g/mol. The van der Waals surface area contributed by atoms with Gasteiger partial charge in [-0.25, -0.2) is 9.50 Å². The number of pyridine rings is 1. The number of rotatable bonds is 2. The quantitative estimate of drug-likeness (QED) is 0.681. The van der Waals surface area contributed by atoms with Crippen molar-refractivity contribution in [1.29, 1.82) is 0 Å². The summed E-state index contributed by atoms with van der Waals surface area (Å²) in [5, 5.41) is 4.24.